The fraction of sp³-hybridized carbons (Fsp3) is 0.757. The van der Waals surface area contributed by atoms with Crippen molar-refractivity contribution in [2.45, 2.75) is 161 Å². The summed E-state index contributed by atoms with van der Waals surface area (Å²) in [5, 5.41) is 9.53. The van der Waals surface area contributed by atoms with E-state index >= 15 is 0 Å². The summed E-state index contributed by atoms with van der Waals surface area (Å²) < 4.78 is 11.1. The predicted octanol–water partition coefficient (Wildman–Crippen LogP) is 10.8. The first-order valence-corrected chi connectivity index (χ1v) is 17.2. The Kier molecular flexibility index (Phi) is 33.2. The van der Waals surface area contributed by atoms with Crippen molar-refractivity contribution in [3.63, 3.8) is 0 Å². The molecule has 0 rings (SSSR count). The summed E-state index contributed by atoms with van der Waals surface area (Å²) in [5.41, 5.74) is 0. The van der Waals surface area contributed by atoms with Crippen molar-refractivity contribution in [2.24, 2.45) is 0 Å². The van der Waals surface area contributed by atoms with E-state index in [1.807, 2.05) is 0 Å². The average Bonchev–Trinajstić information content (AvgIpc) is 2.98. The third kappa shape index (κ3) is 32.7. The van der Waals surface area contributed by atoms with Gasteiger partial charge in [0.15, 0.2) is 0 Å². The Morgan fingerprint density at radius 3 is 1.68 bits per heavy atom. The molecule has 0 aliphatic heterocycles. The van der Waals surface area contributed by atoms with E-state index in [0.717, 1.165) is 38.5 Å². The van der Waals surface area contributed by atoms with Crippen molar-refractivity contribution in [1.82, 2.24) is 0 Å². The molecular formula is C37H66O4. The molecule has 1 atom stereocenters. The number of esters is 1. The van der Waals surface area contributed by atoms with Gasteiger partial charge in [0.1, 0.15) is 6.10 Å². The third-order valence-electron chi connectivity index (χ3n) is 7.14. The maximum atomic E-state index is 12.1. The summed E-state index contributed by atoms with van der Waals surface area (Å²) in [6.45, 7) is 5.17. The number of unbranched alkanes of at least 4 members (excludes halogenated alkanes) is 15. The molecule has 238 valence electrons. The number of hydrogen-bond acceptors (Lipinski definition) is 4. The van der Waals surface area contributed by atoms with E-state index in [9.17, 15) is 9.90 Å². The van der Waals surface area contributed by atoms with Gasteiger partial charge in [-0.1, -0.05) is 133 Å². The number of carbonyl (C=O) groups is 1. The van der Waals surface area contributed by atoms with Crippen LogP contribution < -0.4 is 0 Å². The quantitative estimate of drug-likeness (QED) is 0.0508. The molecule has 0 bridgehead atoms. The molecule has 1 unspecified atom stereocenters. The standard InChI is InChI=1S/C37H66O4/c1-3-5-7-9-11-13-15-17-18-19-20-21-22-24-26-28-30-32-37(39)41-36(34-38)35-40-33-31-29-27-25-23-16-14-12-10-8-6-4-2/h5,7,10-13,17-18,36,38H,3-4,6,8-9,14-16,19-35H2,1-2H3/b7-5-,12-10-,13-11-,18-17-. The molecule has 0 aromatic heterocycles. The van der Waals surface area contributed by atoms with Gasteiger partial charge in [-0.2, -0.15) is 0 Å². The maximum absolute atomic E-state index is 12.1. The molecule has 0 radical (unpaired) electrons. The van der Waals surface area contributed by atoms with Crippen LogP contribution in [0.3, 0.4) is 0 Å². The minimum absolute atomic E-state index is 0.179. The van der Waals surface area contributed by atoms with Crippen LogP contribution in [-0.4, -0.2) is 37.0 Å². The molecule has 0 aliphatic rings. The molecule has 4 nitrogen and oxygen atoms in total. The largest absolute Gasteiger partial charge is 0.457 e. The van der Waals surface area contributed by atoms with Gasteiger partial charge in [-0.15, -0.1) is 0 Å². The lowest BCUT2D eigenvalue weighted by atomic mass is 10.1. The first-order chi connectivity index (χ1) is 20.2. The number of hydrogen-bond donors (Lipinski definition) is 1. The van der Waals surface area contributed by atoms with E-state index in [4.69, 9.17) is 9.47 Å². The van der Waals surface area contributed by atoms with E-state index < -0.39 is 6.10 Å². The first kappa shape index (κ1) is 39.4. The molecule has 41 heavy (non-hydrogen) atoms. The van der Waals surface area contributed by atoms with Crippen molar-refractivity contribution in [1.29, 1.82) is 0 Å². The van der Waals surface area contributed by atoms with Gasteiger partial charge in [-0.25, -0.2) is 0 Å². The molecule has 0 heterocycles. The van der Waals surface area contributed by atoms with Crippen molar-refractivity contribution in [2.75, 3.05) is 19.8 Å². The number of aliphatic hydroxyl groups excluding tert-OH is 1. The molecule has 0 aliphatic carbocycles. The Balaban J connectivity index is 3.49. The lowest BCUT2D eigenvalue weighted by molar-refractivity contribution is -0.154. The zero-order valence-corrected chi connectivity index (χ0v) is 27.0. The highest BCUT2D eigenvalue weighted by Crippen LogP contribution is 2.12. The second kappa shape index (κ2) is 34.6. The molecule has 0 fully saturated rings. The number of rotatable bonds is 31. The molecule has 0 amide bonds. The second-order valence-electron chi connectivity index (χ2n) is 11.2. The number of aliphatic hydroxyl groups is 1. The monoisotopic (exact) mass is 574 g/mol. The van der Waals surface area contributed by atoms with Crippen molar-refractivity contribution < 1.29 is 19.4 Å². The van der Waals surface area contributed by atoms with E-state index in [1.54, 1.807) is 0 Å². The lowest BCUT2D eigenvalue weighted by Gasteiger charge is -2.15. The summed E-state index contributed by atoms with van der Waals surface area (Å²) in [4.78, 5) is 12.1. The van der Waals surface area contributed by atoms with Crippen LogP contribution in [0, 0.1) is 0 Å². The predicted molar refractivity (Wildman–Crippen MR) is 177 cm³/mol. The summed E-state index contributed by atoms with van der Waals surface area (Å²) in [6, 6.07) is 0. The van der Waals surface area contributed by atoms with Crippen LogP contribution >= 0.6 is 0 Å². The van der Waals surface area contributed by atoms with Crippen LogP contribution in [0.15, 0.2) is 48.6 Å². The van der Waals surface area contributed by atoms with Crippen LogP contribution in [0.1, 0.15) is 155 Å². The number of allylic oxidation sites excluding steroid dienone is 8. The smallest absolute Gasteiger partial charge is 0.306 e. The van der Waals surface area contributed by atoms with Gasteiger partial charge in [0.2, 0.25) is 0 Å². The Bertz CT molecular complexity index is 649. The van der Waals surface area contributed by atoms with Crippen LogP contribution in [0.25, 0.3) is 0 Å². The highest BCUT2D eigenvalue weighted by Gasteiger charge is 2.13. The third-order valence-corrected chi connectivity index (χ3v) is 7.14. The van der Waals surface area contributed by atoms with E-state index in [1.165, 1.54) is 96.3 Å². The van der Waals surface area contributed by atoms with Gasteiger partial charge < -0.3 is 14.6 Å². The Morgan fingerprint density at radius 1 is 0.610 bits per heavy atom. The second-order valence-corrected chi connectivity index (χ2v) is 11.2. The number of carbonyl (C=O) groups excluding carboxylic acids is 1. The Hall–Kier alpha value is -1.65. The van der Waals surface area contributed by atoms with E-state index in [-0.39, 0.29) is 19.2 Å². The van der Waals surface area contributed by atoms with Gasteiger partial charge >= 0.3 is 5.97 Å². The van der Waals surface area contributed by atoms with Crippen LogP contribution in [0.4, 0.5) is 0 Å². The van der Waals surface area contributed by atoms with E-state index in [2.05, 4.69) is 62.5 Å². The normalized spacial score (nSPS) is 13.0. The van der Waals surface area contributed by atoms with Gasteiger partial charge in [0.05, 0.1) is 13.2 Å². The minimum Gasteiger partial charge on any atom is -0.457 e. The van der Waals surface area contributed by atoms with Gasteiger partial charge in [-0.3, -0.25) is 4.79 Å². The maximum Gasteiger partial charge on any atom is 0.306 e. The zero-order valence-electron chi connectivity index (χ0n) is 27.0. The first-order valence-electron chi connectivity index (χ1n) is 17.2. The fourth-order valence-corrected chi connectivity index (χ4v) is 4.56. The molecule has 4 heteroatoms. The Labute approximate surface area is 254 Å². The molecule has 0 saturated carbocycles. The van der Waals surface area contributed by atoms with Crippen LogP contribution in [0.2, 0.25) is 0 Å². The summed E-state index contributed by atoms with van der Waals surface area (Å²) in [6.07, 6.45) is 42.8. The van der Waals surface area contributed by atoms with Crippen molar-refractivity contribution in [3.8, 4) is 0 Å². The SMILES string of the molecule is CC/C=C\C/C=C\C/C=C\CCCCCCCCCC(=O)OC(CO)COCCCCCCCC/C=C\CCCC. The Morgan fingerprint density at radius 2 is 1.10 bits per heavy atom. The molecule has 0 aromatic carbocycles. The topological polar surface area (TPSA) is 55.8 Å². The fourth-order valence-electron chi connectivity index (χ4n) is 4.56. The minimum atomic E-state index is -0.541. The summed E-state index contributed by atoms with van der Waals surface area (Å²) in [7, 11) is 0. The van der Waals surface area contributed by atoms with Crippen LogP contribution in [0.5, 0.6) is 0 Å². The van der Waals surface area contributed by atoms with Gasteiger partial charge in [0.25, 0.3) is 0 Å². The van der Waals surface area contributed by atoms with Crippen molar-refractivity contribution >= 4 is 5.97 Å². The van der Waals surface area contributed by atoms with Crippen LogP contribution in [-0.2, 0) is 14.3 Å². The summed E-state index contributed by atoms with van der Waals surface area (Å²) >= 11 is 0. The average molecular weight is 575 g/mol. The highest BCUT2D eigenvalue weighted by molar-refractivity contribution is 5.69. The zero-order chi connectivity index (χ0) is 29.9. The molecule has 0 saturated heterocycles. The molecular weight excluding hydrogens is 508 g/mol. The highest BCUT2D eigenvalue weighted by atomic mass is 16.6. The van der Waals surface area contributed by atoms with Crippen molar-refractivity contribution in [3.05, 3.63) is 48.6 Å². The summed E-state index contributed by atoms with van der Waals surface area (Å²) in [5.74, 6) is -0.216. The molecule has 1 N–H and O–H groups in total. The molecule has 0 aromatic rings. The number of ether oxygens (including phenoxy) is 2. The van der Waals surface area contributed by atoms with Gasteiger partial charge in [-0.05, 0) is 64.2 Å². The molecule has 0 spiro atoms. The van der Waals surface area contributed by atoms with Gasteiger partial charge in [0, 0.05) is 13.0 Å². The lowest BCUT2D eigenvalue weighted by Crippen LogP contribution is -2.27. The van der Waals surface area contributed by atoms with E-state index in [0.29, 0.717) is 13.0 Å².